The number of anilines is 1. The summed E-state index contributed by atoms with van der Waals surface area (Å²) in [6.45, 7) is 15.8. The lowest BCUT2D eigenvalue weighted by molar-refractivity contribution is -0.155. The predicted octanol–water partition coefficient (Wildman–Crippen LogP) is 9.24. The number of aryl methyl sites for hydroxylation is 1. The van der Waals surface area contributed by atoms with Crippen molar-refractivity contribution in [1.29, 1.82) is 0 Å². The average molecular weight is 1220 g/mol. The zero-order valence-electron chi connectivity index (χ0n) is 52.9. The van der Waals surface area contributed by atoms with Gasteiger partial charge >= 0.3 is 12.1 Å². The number of nitrogens with zero attached hydrogens (tertiary/aromatic N) is 7. The monoisotopic (exact) mass is 1220 g/mol. The molecule has 3 N–H and O–H groups in total. The number of amides is 4. The van der Waals surface area contributed by atoms with E-state index in [2.05, 4.69) is 64.7 Å². The zero-order chi connectivity index (χ0) is 62.4. The van der Waals surface area contributed by atoms with Crippen LogP contribution in [0.15, 0.2) is 54.7 Å². The van der Waals surface area contributed by atoms with Crippen molar-refractivity contribution in [3.05, 3.63) is 82.7 Å². The summed E-state index contributed by atoms with van der Waals surface area (Å²) in [5.74, 6) is -1.52. The van der Waals surface area contributed by atoms with Crippen LogP contribution in [0.4, 0.5) is 18.9 Å². The van der Waals surface area contributed by atoms with Crippen molar-refractivity contribution in [1.82, 2.24) is 40.3 Å². The molecule has 88 heavy (non-hydrogen) atoms. The number of halogens is 3. The molecule has 6 heterocycles. The third-order valence-corrected chi connectivity index (χ3v) is 20.8. The molecule has 4 saturated heterocycles. The third kappa shape index (κ3) is 14.8. The lowest BCUT2D eigenvalue weighted by Gasteiger charge is -2.37. The summed E-state index contributed by atoms with van der Waals surface area (Å²) in [6, 6.07) is 14.9. The van der Waals surface area contributed by atoms with Crippen LogP contribution in [0.1, 0.15) is 159 Å². The Balaban J connectivity index is 0.888. The van der Waals surface area contributed by atoms with Gasteiger partial charge in [-0.2, -0.15) is 13.2 Å². The number of aromatic nitrogens is 1. The van der Waals surface area contributed by atoms with Crippen molar-refractivity contribution in [3.8, 4) is 11.1 Å². The first kappa shape index (κ1) is 63.7. The van der Waals surface area contributed by atoms with Gasteiger partial charge in [0.15, 0.2) is 0 Å². The Morgan fingerprint density at radius 3 is 2.41 bits per heavy atom. The topological polar surface area (TPSA) is 171 Å². The van der Waals surface area contributed by atoms with Gasteiger partial charge < -0.3 is 29.9 Å². The maximum atomic E-state index is 15.0. The highest BCUT2D eigenvalue weighted by Gasteiger charge is 2.50. The molecule has 1 aromatic heterocycles. The third-order valence-electron chi connectivity index (χ3n) is 20.8. The van der Waals surface area contributed by atoms with Gasteiger partial charge in [-0.3, -0.25) is 43.8 Å². The molecular weight excluding hydrogens is 1120 g/mol. The number of alkyl halides is 3. The number of ether oxygens (including phenoxy) is 1. The number of likely N-dealkylation sites (tertiary alicyclic amines) is 1. The minimum absolute atomic E-state index is 0.00683. The highest BCUT2D eigenvalue weighted by molar-refractivity contribution is 5.96. The van der Waals surface area contributed by atoms with Gasteiger partial charge in [-0.15, -0.1) is 0 Å². The standard InChI is InChI=1S/C69H94F3N9O7/c1-43(2)53(20-13-45-21-23-68(36-45)25-27-79(41-68)65(86)59-39-80(59)40-60(83)76(6)7)63(84)74-58-33-46-10-8-11-49(32-46)50-17-15-47-14-16-48(22-24-69(70,71)72)61(55-35-52(38-73-62(55)44(3)82)78-30-28-77(29-31-78)51-18-19-51)56(54(47)34-50)37-67(4,5)42-88-66(87)57-12-9-26-81(75-57)64(58)85/h8,10-11,15,17,32,34-35,38,43-45,48,51,53,57-59,75,82H,9,12-14,16,18-31,33,36-37,39-42H2,1-7H3,(H,74,84)/t44-,45?,48?,53-,57-,58-,59+,68-,80?/m0/s1. The van der Waals surface area contributed by atoms with Gasteiger partial charge in [-0.05, 0) is 171 Å². The zero-order valence-corrected chi connectivity index (χ0v) is 52.9. The van der Waals surface area contributed by atoms with Crippen molar-refractivity contribution < 1.29 is 47.0 Å². The molecule has 3 aromatic rings. The van der Waals surface area contributed by atoms with E-state index >= 15 is 4.79 Å². The van der Waals surface area contributed by atoms with E-state index in [1.807, 2.05) is 41.8 Å². The number of likely N-dealkylation sites (N-methyl/N-ethyl adjacent to an activating group) is 1. The van der Waals surface area contributed by atoms with Crippen LogP contribution in [0.5, 0.6) is 0 Å². The van der Waals surface area contributed by atoms with Crippen LogP contribution < -0.4 is 15.6 Å². The molecule has 5 aliphatic heterocycles. The molecule has 19 heteroatoms. The number of benzene rings is 2. The summed E-state index contributed by atoms with van der Waals surface area (Å²) in [5.41, 5.74) is 10.4. The number of piperazine rings is 1. The van der Waals surface area contributed by atoms with Crippen molar-refractivity contribution in [2.45, 2.75) is 174 Å². The molecule has 4 amide bonds. The molecule has 3 unspecified atom stereocenters. The SMILES string of the molecule is CC(C)[C@H](CCC1CC[C@]2(CCN(C(=O)[C@H]3CN3CC(=O)N(C)C)C2)C1)C(=O)N[C@H]1Cc2cccc(c2)-c2ccc3c(c2)C(=C(c2cc(N4CCN(C5CC5)CC4)cnc2[C@H](C)O)C(CCC(F)(F)F)CC3)CC(C)(C)COC(=O)[C@@H]2CCCN(N2)C1=O. The van der Waals surface area contributed by atoms with Gasteiger partial charge in [0.05, 0.1) is 36.8 Å². The van der Waals surface area contributed by atoms with Crippen LogP contribution >= 0.6 is 0 Å². The summed E-state index contributed by atoms with van der Waals surface area (Å²) in [4.78, 5) is 85.5. The van der Waals surface area contributed by atoms with Crippen molar-refractivity contribution >= 4 is 46.4 Å². The molecule has 16 nitrogen and oxygen atoms in total. The molecule has 6 bridgehead atoms. The molecule has 11 rings (SSSR count). The number of nitrogens with one attached hydrogen (secondary N) is 2. The number of hydrazine groups is 1. The van der Waals surface area contributed by atoms with Crippen molar-refractivity contribution in [2.24, 2.45) is 34.5 Å². The quantitative estimate of drug-likeness (QED) is 0.0976. The number of rotatable bonds is 15. The fourth-order valence-corrected chi connectivity index (χ4v) is 15.4. The Kier molecular flexibility index (Phi) is 18.9. The maximum Gasteiger partial charge on any atom is 0.389 e. The minimum Gasteiger partial charge on any atom is -0.464 e. The van der Waals surface area contributed by atoms with Gasteiger partial charge in [0, 0.05) is 102 Å². The van der Waals surface area contributed by atoms with E-state index in [9.17, 15) is 37.5 Å². The highest BCUT2D eigenvalue weighted by atomic mass is 19.4. The first-order valence-corrected chi connectivity index (χ1v) is 32.9. The molecule has 6 fully saturated rings. The first-order valence-electron chi connectivity index (χ1n) is 32.9. The van der Waals surface area contributed by atoms with Crippen LogP contribution in [0.25, 0.3) is 22.3 Å². The fraction of sp³-hybridized carbons (Fsp3) is 0.652. The molecule has 8 aliphatic rings. The first-order chi connectivity index (χ1) is 41.9. The van der Waals surface area contributed by atoms with E-state index < -0.39 is 48.1 Å². The predicted molar refractivity (Wildman–Crippen MR) is 333 cm³/mol. The van der Waals surface area contributed by atoms with Gasteiger partial charge in [0.2, 0.25) is 17.7 Å². The van der Waals surface area contributed by atoms with E-state index in [0.29, 0.717) is 74.8 Å². The van der Waals surface area contributed by atoms with Crippen molar-refractivity contribution in [3.63, 3.8) is 0 Å². The summed E-state index contributed by atoms with van der Waals surface area (Å²) in [7, 11) is 3.46. The van der Waals surface area contributed by atoms with Crippen LogP contribution in [0, 0.1) is 34.5 Å². The second-order valence-corrected chi connectivity index (χ2v) is 28.7. The molecular formula is C69H94F3N9O7. The Morgan fingerprint density at radius 1 is 0.909 bits per heavy atom. The molecule has 478 valence electrons. The number of carbonyl (C=O) groups is 5. The number of fused-ring (bicyclic) bond motifs is 6. The fourth-order valence-electron chi connectivity index (χ4n) is 15.4. The number of allylic oxidation sites excluding steroid dienone is 2. The van der Waals surface area contributed by atoms with E-state index in [0.717, 1.165) is 116 Å². The van der Waals surface area contributed by atoms with Gasteiger partial charge in [0.25, 0.3) is 5.91 Å². The summed E-state index contributed by atoms with van der Waals surface area (Å²) in [5, 5.41) is 16.3. The number of hydrogen-bond donors (Lipinski definition) is 3. The highest BCUT2D eigenvalue weighted by Crippen LogP contribution is 2.52. The normalized spacial score (nSPS) is 27.6. The summed E-state index contributed by atoms with van der Waals surface area (Å²) in [6.07, 6.45) is 5.53. The molecule has 9 atom stereocenters. The molecule has 3 aliphatic carbocycles. The van der Waals surface area contributed by atoms with E-state index in [-0.39, 0.29) is 72.9 Å². The molecule has 2 aromatic carbocycles. The number of esters is 1. The summed E-state index contributed by atoms with van der Waals surface area (Å²) < 4.78 is 49.9. The Hall–Kier alpha value is -5.89. The minimum atomic E-state index is -4.40. The Morgan fingerprint density at radius 2 is 1.68 bits per heavy atom. The molecule has 1 spiro atoms. The molecule has 0 radical (unpaired) electrons. The lowest BCUT2D eigenvalue weighted by Crippen LogP contribution is -2.61. The number of pyridine rings is 1. The number of aliphatic hydroxyl groups is 1. The van der Waals surface area contributed by atoms with Crippen LogP contribution in [-0.2, 0) is 41.6 Å². The average Bonchev–Trinajstić information content (AvgIpc) is 1.60. The lowest BCUT2D eigenvalue weighted by atomic mass is 9.76. The maximum absolute atomic E-state index is 15.0. The number of hydrogen-bond acceptors (Lipinski definition) is 12. The number of aliphatic hydroxyl groups excluding tert-OH is 1. The van der Waals surface area contributed by atoms with Gasteiger partial charge in [-0.1, -0.05) is 64.1 Å². The van der Waals surface area contributed by atoms with E-state index in [4.69, 9.17) is 9.72 Å². The Bertz CT molecular complexity index is 3120. The number of carbonyl (C=O) groups excluding carboxylic acids is 5. The van der Waals surface area contributed by atoms with Crippen LogP contribution in [-0.4, -0.2) is 174 Å². The Labute approximate surface area is 518 Å². The van der Waals surface area contributed by atoms with Crippen molar-refractivity contribution in [2.75, 3.05) is 84.5 Å². The van der Waals surface area contributed by atoms with E-state index in [1.54, 1.807) is 32.1 Å². The second-order valence-electron chi connectivity index (χ2n) is 28.7. The second kappa shape index (κ2) is 26.1. The summed E-state index contributed by atoms with van der Waals surface area (Å²) >= 11 is 0. The van der Waals surface area contributed by atoms with E-state index in [1.165, 1.54) is 17.9 Å². The molecule has 2 saturated carbocycles. The van der Waals surface area contributed by atoms with Gasteiger partial charge in [-0.25, -0.2) is 5.43 Å². The largest absolute Gasteiger partial charge is 0.464 e. The van der Waals surface area contributed by atoms with Gasteiger partial charge in [0.1, 0.15) is 18.1 Å². The van der Waals surface area contributed by atoms with Crippen LogP contribution in [0.3, 0.4) is 0 Å². The van der Waals surface area contributed by atoms with Crippen LogP contribution in [0.2, 0.25) is 0 Å². The smallest absolute Gasteiger partial charge is 0.389 e. The number of cyclic esters (lactones) is 1.